The normalized spacial score (nSPS) is 12.4. The lowest BCUT2D eigenvalue weighted by Gasteiger charge is -2.04. The van der Waals surface area contributed by atoms with Gasteiger partial charge in [-0.15, -0.1) is 0 Å². The molecular weight excluding hydrogens is 142 g/mol. The predicted octanol–water partition coefficient (Wildman–Crippen LogP) is -0.124. The third-order valence-electron chi connectivity index (χ3n) is 0.569. The van der Waals surface area contributed by atoms with Crippen LogP contribution in [-0.4, -0.2) is 21.6 Å². The summed E-state index contributed by atoms with van der Waals surface area (Å²) in [4.78, 5) is 0. The van der Waals surface area contributed by atoms with E-state index in [1.165, 1.54) is 7.05 Å². The van der Waals surface area contributed by atoms with Gasteiger partial charge in [-0.25, -0.2) is 0 Å². The van der Waals surface area contributed by atoms with E-state index in [2.05, 4.69) is 4.18 Å². The van der Waals surface area contributed by atoms with Crippen molar-refractivity contribution in [2.24, 2.45) is 0 Å². The largest absolute Gasteiger partial charge is 0.335 e. The maximum Gasteiger partial charge on any atom is 0.335 e. The second-order valence-corrected chi connectivity index (χ2v) is 3.31. The van der Waals surface area contributed by atoms with Crippen LogP contribution < -0.4 is 4.72 Å². The third-order valence-corrected chi connectivity index (χ3v) is 1.71. The summed E-state index contributed by atoms with van der Waals surface area (Å²) < 4.78 is 27.4. The Balaban J connectivity index is 3.90. The molecule has 0 aromatic heterocycles. The summed E-state index contributed by atoms with van der Waals surface area (Å²) in [6.07, 6.45) is -0.303. The molecule has 4 nitrogen and oxygen atoms in total. The third kappa shape index (κ3) is 4.38. The van der Waals surface area contributed by atoms with Gasteiger partial charge in [-0.3, -0.25) is 4.18 Å². The van der Waals surface area contributed by atoms with Crippen molar-refractivity contribution in [3.05, 3.63) is 0 Å². The highest BCUT2D eigenvalue weighted by Gasteiger charge is 2.07. The minimum Gasteiger partial charge on any atom is -0.255 e. The Labute approximate surface area is 55.5 Å². The summed E-state index contributed by atoms with van der Waals surface area (Å²) in [6, 6.07) is 0. The Morgan fingerprint density at radius 1 is 1.44 bits per heavy atom. The average molecular weight is 153 g/mol. The van der Waals surface area contributed by atoms with Gasteiger partial charge in [-0.1, -0.05) is 0 Å². The van der Waals surface area contributed by atoms with Gasteiger partial charge in [-0.05, 0) is 13.8 Å². The molecule has 0 aromatic carbocycles. The molecular formula is C4H11NO3S. The van der Waals surface area contributed by atoms with Crippen molar-refractivity contribution in [3.63, 3.8) is 0 Å². The summed E-state index contributed by atoms with van der Waals surface area (Å²) in [6.45, 7) is 3.30. The van der Waals surface area contributed by atoms with Crippen molar-refractivity contribution >= 4 is 10.3 Å². The van der Waals surface area contributed by atoms with Crippen LogP contribution in [0.4, 0.5) is 0 Å². The monoisotopic (exact) mass is 153 g/mol. The fourth-order valence-electron chi connectivity index (χ4n) is 0.301. The molecule has 0 atom stereocenters. The minimum absolute atomic E-state index is 0.303. The zero-order chi connectivity index (χ0) is 7.49. The summed E-state index contributed by atoms with van der Waals surface area (Å²) in [7, 11) is -2.17. The van der Waals surface area contributed by atoms with Crippen molar-refractivity contribution in [3.8, 4) is 0 Å². The van der Waals surface area contributed by atoms with Crippen molar-refractivity contribution in [2.45, 2.75) is 20.0 Å². The van der Waals surface area contributed by atoms with Gasteiger partial charge in [0, 0.05) is 7.05 Å². The second kappa shape index (κ2) is 3.14. The zero-order valence-corrected chi connectivity index (χ0v) is 6.53. The highest BCUT2D eigenvalue weighted by molar-refractivity contribution is 7.84. The summed E-state index contributed by atoms with van der Waals surface area (Å²) in [5.41, 5.74) is 0. The van der Waals surface area contributed by atoms with Gasteiger partial charge in [0.15, 0.2) is 0 Å². The van der Waals surface area contributed by atoms with Crippen LogP contribution in [0.5, 0.6) is 0 Å². The van der Waals surface area contributed by atoms with Crippen LogP contribution in [0.1, 0.15) is 13.8 Å². The number of hydrogen-bond acceptors (Lipinski definition) is 3. The first-order chi connectivity index (χ1) is 3.98. The molecule has 0 amide bonds. The van der Waals surface area contributed by atoms with Gasteiger partial charge < -0.3 is 0 Å². The molecule has 0 saturated heterocycles. The van der Waals surface area contributed by atoms with Gasteiger partial charge in [0.1, 0.15) is 0 Å². The fourth-order valence-corrected chi connectivity index (χ4v) is 0.904. The summed E-state index contributed by atoms with van der Waals surface area (Å²) >= 11 is 0. The lowest BCUT2D eigenvalue weighted by molar-refractivity contribution is 0.245. The van der Waals surface area contributed by atoms with Crippen molar-refractivity contribution in [1.82, 2.24) is 4.72 Å². The molecule has 0 saturated carbocycles. The lowest BCUT2D eigenvalue weighted by Crippen LogP contribution is -2.24. The SMILES string of the molecule is CNS(=O)(=O)OC(C)C. The van der Waals surface area contributed by atoms with Crippen LogP contribution in [0.15, 0.2) is 0 Å². The van der Waals surface area contributed by atoms with E-state index in [1.54, 1.807) is 13.8 Å². The van der Waals surface area contributed by atoms with Gasteiger partial charge >= 0.3 is 10.3 Å². The van der Waals surface area contributed by atoms with Crippen LogP contribution in [0.3, 0.4) is 0 Å². The fraction of sp³-hybridized carbons (Fsp3) is 1.00. The van der Waals surface area contributed by atoms with E-state index in [0.717, 1.165) is 0 Å². The molecule has 0 fully saturated rings. The van der Waals surface area contributed by atoms with E-state index in [0.29, 0.717) is 0 Å². The number of hydrogen-bond donors (Lipinski definition) is 1. The molecule has 0 bridgehead atoms. The lowest BCUT2D eigenvalue weighted by atomic mass is 10.5. The van der Waals surface area contributed by atoms with Crippen molar-refractivity contribution < 1.29 is 12.6 Å². The molecule has 56 valence electrons. The van der Waals surface area contributed by atoms with Crippen LogP contribution in [-0.2, 0) is 14.5 Å². The topological polar surface area (TPSA) is 55.4 Å². The van der Waals surface area contributed by atoms with E-state index in [4.69, 9.17) is 0 Å². The molecule has 0 aliphatic rings. The first-order valence-corrected chi connectivity index (χ1v) is 4.00. The Morgan fingerprint density at radius 3 is 2.00 bits per heavy atom. The molecule has 0 radical (unpaired) electrons. The molecule has 9 heavy (non-hydrogen) atoms. The Bertz CT molecular complexity index is 161. The van der Waals surface area contributed by atoms with E-state index in [-0.39, 0.29) is 6.10 Å². The predicted molar refractivity (Wildman–Crippen MR) is 34.2 cm³/mol. The molecule has 0 heterocycles. The van der Waals surface area contributed by atoms with Gasteiger partial charge in [0.25, 0.3) is 0 Å². The van der Waals surface area contributed by atoms with Gasteiger partial charge in [-0.2, -0.15) is 13.1 Å². The van der Waals surface area contributed by atoms with Gasteiger partial charge in [0.2, 0.25) is 0 Å². The standard InChI is InChI=1S/C4H11NO3S/c1-4(2)8-9(6,7)5-3/h4-5H,1-3H3. The maximum absolute atomic E-state index is 10.5. The number of nitrogens with one attached hydrogen (secondary N) is 1. The second-order valence-electron chi connectivity index (χ2n) is 1.80. The molecule has 0 rings (SSSR count). The van der Waals surface area contributed by atoms with E-state index < -0.39 is 10.3 Å². The van der Waals surface area contributed by atoms with E-state index in [1.807, 2.05) is 4.72 Å². The van der Waals surface area contributed by atoms with Crippen LogP contribution in [0.2, 0.25) is 0 Å². The average Bonchev–Trinajstić information content (AvgIpc) is 1.63. The van der Waals surface area contributed by atoms with Gasteiger partial charge in [0.05, 0.1) is 6.10 Å². The van der Waals surface area contributed by atoms with E-state index >= 15 is 0 Å². The van der Waals surface area contributed by atoms with Crippen LogP contribution in [0.25, 0.3) is 0 Å². The Hall–Kier alpha value is -0.130. The summed E-state index contributed by atoms with van der Waals surface area (Å²) in [5.74, 6) is 0. The highest BCUT2D eigenvalue weighted by Crippen LogP contribution is 1.92. The Kier molecular flexibility index (Phi) is 3.10. The van der Waals surface area contributed by atoms with Crippen LogP contribution >= 0.6 is 0 Å². The molecule has 5 heteroatoms. The number of rotatable bonds is 3. The summed E-state index contributed by atoms with van der Waals surface area (Å²) in [5, 5.41) is 0. The first kappa shape index (κ1) is 8.87. The zero-order valence-electron chi connectivity index (χ0n) is 5.71. The van der Waals surface area contributed by atoms with Crippen LogP contribution in [0, 0.1) is 0 Å². The molecule has 0 aliphatic carbocycles. The smallest absolute Gasteiger partial charge is 0.255 e. The van der Waals surface area contributed by atoms with E-state index in [9.17, 15) is 8.42 Å². The first-order valence-electron chi connectivity index (χ1n) is 2.59. The van der Waals surface area contributed by atoms with Crippen molar-refractivity contribution in [2.75, 3.05) is 7.05 Å². The minimum atomic E-state index is -3.47. The molecule has 0 spiro atoms. The molecule has 0 unspecified atom stereocenters. The quantitative estimate of drug-likeness (QED) is 0.614. The van der Waals surface area contributed by atoms with Crippen molar-refractivity contribution in [1.29, 1.82) is 0 Å². The maximum atomic E-state index is 10.5. The molecule has 1 N–H and O–H groups in total. The Morgan fingerprint density at radius 2 is 1.89 bits per heavy atom. The highest BCUT2D eigenvalue weighted by atomic mass is 32.2. The molecule has 0 aromatic rings. The molecule has 0 aliphatic heterocycles.